The van der Waals surface area contributed by atoms with Crippen LogP contribution in [0, 0.1) is 6.92 Å². The summed E-state index contributed by atoms with van der Waals surface area (Å²) in [4.78, 5) is 36.9. The van der Waals surface area contributed by atoms with E-state index in [9.17, 15) is 18.0 Å². The van der Waals surface area contributed by atoms with Gasteiger partial charge in [0.1, 0.15) is 0 Å². The van der Waals surface area contributed by atoms with E-state index in [0.717, 1.165) is 6.07 Å². The first-order valence-electron chi connectivity index (χ1n) is 9.32. The quantitative estimate of drug-likeness (QED) is 0.666. The zero-order chi connectivity index (χ0) is 21.9. The Balaban J connectivity index is 1.60. The molecule has 0 aliphatic carbocycles. The zero-order valence-electron chi connectivity index (χ0n) is 16.7. The number of anilines is 1. The first-order valence-corrected chi connectivity index (χ1v) is 10.9. The number of piperazine rings is 1. The topological polar surface area (TPSA) is 136 Å². The van der Waals surface area contributed by atoms with Crippen LogP contribution in [0.3, 0.4) is 0 Å². The number of esters is 1. The molecule has 160 valence electrons. The molecule has 1 aromatic carbocycles. The van der Waals surface area contributed by atoms with Gasteiger partial charge in [-0.3, -0.25) is 4.79 Å². The number of carbonyl (C=O) groups excluding carboxylic acids is 2. The van der Waals surface area contributed by atoms with Crippen molar-refractivity contribution in [3.8, 4) is 0 Å². The Hall–Kier alpha value is -3.05. The van der Waals surface area contributed by atoms with Gasteiger partial charge in [0.15, 0.2) is 6.10 Å². The number of nitrogens with two attached hydrogens (primary N) is 1. The molecule has 10 nitrogen and oxygen atoms in total. The number of sulfonamides is 1. The predicted octanol–water partition coefficient (Wildman–Crippen LogP) is 0.327. The van der Waals surface area contributed by atoms with E-state index < -0.39 is 22.1 Å². The van der Waals surface area contributed by atoms with Gasteiger partial charge in [-0.25, -0.2) is 28.3 Å². The number of aromatic nitrogens is 2. The third kappa shape index (κ3) is 4.92. The Morgan fingerprint density at radius 1 is 1.13 bits per heavy atom. The summed E-state index contributed by atoms with van der Waals surface area (Å²) in [6, 6.07) is 5.79. The van der Waals surface area contributed by atoms with Crippen molar-refractivity contribution in [3.05, 3.63) is 47.8 Å². The second-order valence-electron chi connectivity index (χ2n) is 6.93. The van der Waals surface area contributed by atoms with E-state index in [4.69, 9.17) is 9.88 Å². The molecular formula is C19H23N5O5S. The first kappa shape index (κ1) is 21.7. The van der Waals surface area contributed by atoms with Gasteiger partial charge in [0.25, 0.3) is 5.91 Å². The number of benzene rings is 1. The van der Waals surface area contributed by atoms with Crippen molar-refractivity contribution in [2.24, 2.45) is 5.14 Å². The molecule has 0 saturated carbocycles. The fourth-order valence-corrected chi connectivity index (χ4v) is 3.96. The molecule has 2 N–H and O–H groups in total. The number of nitrogens with zero attached hydrogens (tertiary/aromatic N) is 4. The highest BCUT2D eigenvalue weighted by Crippen LogP contribution is 2.17. The van der Waals surface area contributed by atoms with E-state index >= 15 is 0 Å². The molecule has 1 aliphatic heterocycles. The lowest BCUT2D eigenvalue weighted by atomic mass is 10.1. The first-order chi connectivity index (χ1) is 14.2. The van der Waals surface area contributed by atoms with Gasteiger partial charge in [-0.05, 0) is 37.6 Å². The van der Waals surface area contributed by atoms with Gasteiger partial charge in [0.05, 0.1) is 10.5 Å². The third-order valence-corrected chi connectivity index (χ3v) is 5.84. The minimum Gasteiger partial charge on any atom is -0.449 e. The summed E-state index contributed by atoms with van der Waals surface area (Å²) < 4.78 is 28.6. The van der Waals surface area contributed by atoms with Crippen molar-refractivity contribution >= 4 is 27.8 Å². The number of amides is 1. The minimum absolute atomic E-state index is 0.00956. The highest BCUT2D eigenvalue weighted by Gasteiger charge is 2.28. The number of ether oxygens (including phenoxy) is 1. The average molecular weight is 433 g/mol. The predicted molar refractivity (Wildman–Crippen MR) is 108 cm³/mol. The molecule has 1 aliphatic rings. The van der Waals surface area contributed by atoms with E-state index in [2.05, 4.69) is 9.97 Å². The summed E-state index contributed by atoms with van der Waals surface area (Å²) in [6.45, 7) is 5.07. The molecule has 1 unspecified atom stereocenters. The van der Waals surface area contributed by atoms with Crippen molar-refractivity contribution in [2.45, 2.75) is 24.8 Å². The SMILES string of the molecule is Cc1ccc(C(=O)OC(C)C(=O)N2CCN(c3ncccn3)CC2)cc1S(N)(=O)=O. The summed E-state index contributed by atoms with van der Waals surface area (Å²) in [5, 5.41) is 5.17. The maximum absolute atomic E-state index is 12.7. The zero-order valence-corrected chi connectivity index (χ0v) is 17.5. The normalized spacial score (nSPS) is 15.6. The van der Waals surface area contributed by atoms with E-state index in [1.807, 2.05) is 4.90 Å². The van der Waals surface area contributed by atoms with Crippen molar-refractivity contribution < 1.29 is 22.7 Å². The van der Waals surface area contributed by atoms with Crippen molar-refractivity contribution in [3.63, 3.8) is 0 Å². The lowest BCUT2D eigenvalue weighted by molar-refractivity contribution is -0.140. The fraction of sp³-hybridized carbons (Fsp3) is 0.368. The number of hydrogen-bond donors (Lipinski definition) is 1. The van der Waals surface area contributed by atoms with E-state index in [0.29, 0.717) is 37.7 Å². The molecule has 1 saturated heterocycles. The fourth-order valence-electron chi connectivity index (χ4n) is 3.15. The Labute approximate surface area is 174 Å². The molecule has 1 aromatic heterocycles. The van der Waals surface area contributed by atoms with Gasteiger partial charge in [-0.2, -0.15) is 0 Å². The van der Waals surface area contributed by atoms with Gasteiger partial charge in [0, 0.05) is 38.6 Å². The van der Waals surface area contributed by atoms with Crippen molar-refractivity contribution in [2.75, 3.05) is 31.1 Å². The molecule has 11 heteroatoms. The Morgan fingerprint density at radius 3 is 2.37 bits per heavy atom. The molecule has 0 bridgehead atoms. The van der Waals surface area contributed by atoms with Gasteiger partial charge in [-0.15, -0.1) is 0 Å². The van der Waals surface area contributed by atoms with Crippen LogP contribution in [-0.4, -0.2) is 67.4 Å². The molecular weight excluding hydrogens is 410 g/mol. The maximum Gasteiger partial charge on any atom is 0.338 e. The van der Waals surface area contributed by atoms with E-state index in [-0.39, 0.29) is 16.4 Å². The average Bonchev–Trinajstić information content (AvgIpc) is 2.73. The summed E-state index contributed by atoms with van der Waals surface area (Å²) in [5.74, 6) is -0.512. The number of rotatable bonds is 5. The Kier molecular flexibility index (Phi) is 6.32. The summed E-state index contributed by atoms with van der Waals surface area (Å²) >= 11 is 0. The summed E-state index contributed by atoms with van der Waals surface area (Å²) in [5.41, 5.74) is 0.425. The van der Waals surface area contributed by atoms with Crippen LogP contribution in [-0.2, 0) is 19.6 Å². The molecule has 30 heavy (non-hydrogen) atoms. The van der Waals surface area contributed by atoms with Crippen molar-refractivity contribution in [1.82, 2.24) is 14.9 Å². The van der Waals surface area contributed by atoms with Crippen LogP contribution in [0.4, 0.5) is 5.95 Å². The van der Waals surface area contributed by atoms with Gasteiger partial charge in [-0.1, -0.05) is 6.07 Å². The molecule has 2 heterocycles. The molecule has 1 atom stereocenters. The highest BCUT2D eigenvalue weighted by molar-refractivity contribution is 7.89. The monoisotopic (exact) mass is 433 g/mol. The van der Waals surface area contributed by atoms with Crippen LogP contribution in [0.5, 0.6) is 0 Å². The van der Waals surface area contributed by atoms with Gasteiger partial charge >= 0.3 is 5.97 Å². The van der Waals surface area contributed by atoms with Crippen LogP contribution >= 0.6 is 0 Å². The number of carbonyl (C=O) groups is 2. The third-order valence-electron chi connectivity index (χ3n) is 4.79. The number of primary sulfonamides is 1. The smallest absolute Gasteiger partial charge is 0.338 e. The number of hydrogen-bond acceptors (Lipinski definition) is 8. The lowest BCUT2D eigenvalue weighted by Crippen LogP contribution is -2.52. The van der Waals surface area contributed by atoms with Gasteiger partial charge in [0.2, 0.25) is 16.0 Å². The molecule has 1 fully saturated rings. The molecule has 0 spiro atoms. The Bertz CT molecular complexity index is 1040. The maximum atomic E-state index is 12.7. The second-order valence-corrected chi connectivity index (χ2v) is 8.46. The van der Waals surface area contributed by atoms with Crippen LogP contribution in [0.15, 0.2) is 41.6 Å². The molecule has 0 radical (unpaired) electrons. The van der Waals surface area contributed by atoms with Crippen molar-refractivity contribution in [1.29, 1.82) is 0 Å². The van der Waals surface area contributed by atoms with Crippen LogP contribution in [0.1, 0.15) is 22.8 Å². The summed E-state index contributed by atoms with van der Waals surface area (Å²) in [7, 11) is -3.98. The van der Waals surface area contributed by atoms with Crippen LogP contribution in [0.25, 0.3) is 0 Å². The highest BCUT2D eigenvalue weighted by atomic mass is 32.2. The van der Waals surface area contributed by atoms with E-state index in [1.165, 1.54) is 19.1 Å². The van der Waals surface area contributed by atoms with Gasteiger partial charge < -0.3 is 14.5 Å². The lowest BCUT2D eigenvalue weighted by Gasteiger charge is -2.35. The largest absolute Gasteiger partial charge is 0.449 e. The van der Waals surface area contributed by atoms with Crippen LogP contribution < -0.4 is 10.0 Å². The van der Waals surface area contributed by atoms with E-state index in [1.54, 1.807) is 30.3 Å². The standard InChI is InChI=1S/C19H23N5O5S/c1-13-4-5-15(12-16(13)30(20,27)28)18(26)29-14(2)17(25)23-8-10-24(11-9-23)19-21-6-3-7-22-19/h3-7,12,14H,8-11H2,1-2H3,(H2,20,27,28). The summed E-state index contributed by atoms with van der Waals surface area (Å²) in [6.07, 6.45) is 2.30. The Morgan fingerprint density at radius 2 is 1.77 bits per heavy atom. The molecule has 2 aromatic rings. The van der Waals surface area contributed by atoms with Crippen LogP contribution in [0.2, 0.25) is 0 Å². The molecule has 3 rings (SSSR count). The minimum atomic E-state index is -3.98. The second kappa shape index (κ2) is 8.76. The number of aryl methyl sites for hydroxylation is 1. The molecule has 1 amide bonds.